The van der Waals surface area contributed by atoms with Crippen molar-refractivity contribution in [2.45, 2.75) is 53.1 Å². The fourth-order valence-corrected chi connectivity index (χ4v) is 2.54. The molecule has 21 heavy (non-hydrogen) atoms. The molecule has 0 saturated carbocycles. The maximum absolute atomic E-state index is 12.5. The van der Waals surface area contributed by atoms with Gasteiger partial charge in [-0.15, -0.1) is 0 Å². The third-order valence-corrected chi connectivity index (χ3v) is 3.61. The zero-order chi connectivity index (χ0) is 16.2. The van der Waals surface area contributed by atoms with Crippen LogP contribution in [0, 0.1) is 5.92 Å². The lowest BCUT2D eigenvalue weighted by Gasteiger charge is -2.25. The van der Waals surface area contributed by atoms with Crippen LogP contribution in [-0.2, 0) is 14.4 Å². The normalized spacial score (nSPS) is 18.5. The second-order valence-corrected chi connectivity index (χ2v) is 6.12. The zero-order valence-electron chi connectivity index (χ0n) is 13.7. The van der Waals surface area contributed by atoms with E-state index in [1.54, 1.807) is 4.90 Å². The van der Waals surface area contributed by atoms with Gasteiger partial charge >= 0.3 is 0 Å². The van der Waals surface area contributed by atoms with Gasteiger partial charge < -0.3 is 15.1 Å². The SMILES string of the molecule is CCN(CC(=O)NC(C)C)C(=O)[C@H]1CC(=O)N(C(C)C)C1. The summed E-state index contributed by atoms with van der Waals surface area (Å²) in [5, 5.41) is 2.78. The monoisotopic (exact) mass is 297 g/mol. The van der Waals surface area contributed by atoms with Gasteiger partial charge in [0.2, 0.25) is 17.7 Å². The smallest absolute Gasteiger partial charge is 0.239 e. The molecule has 120 valence electrons. The molecule has 1 heterocycles. The van der Waals surface area contributed by atoms with E-state index in [2.05, 4.69) is 5.32 Å². The molecular weight excluding hydrogens is 270 g/mol. The van der Waals surface area contributed by atoms with Crippen LogP contribution in [0.25, 0.3) is 0 Å². The third kappa shape index (κ3) is 4.72. The van der Waals surface area contributed by atoms with Crippen molar-refractivity contribution < 1.29 is 14.4 Å². The number of likely N-dealkylation sites (N-methyl/N-ethyl adjacent to an activating group) is 1. The predicted molar refractivity (Wildman–Crippen MR) is 80.5 cm³/mol. The van der Waals surface area contributed by atoms with E-state index >= 15 is 0 Å². The van der Waals surface area contributed by atoms with E-state index in [-0.39, 0.29) is 48.7 Å². The van der Waals surface area contributed by atoms with Gasteiger partial charge in [0.1, 0.15) is 0 Å². The maximum atomic E-state index is 12.5. The van der Waals surface area contributed by atoms with Crippen molar-refractivity contribution in [3.05, 3.63) is 0 Å². The topological polar surface area (TPSA) is 69.7 Å². The molecule has 0 spiro atoms. The minimum Gasteiger partial charge on any atom is -0.352 e. The summed E-state index contributed by atoms with van der Waals surface area (Å²) in [6.45, 7) is 10.5. The van der Waals surface area contributed by atoms with Gasteiger partial charge in [-0.05, 0) is 34.6 Å². The molecule has 1 saturated heterocycles. The Kier molecular flexibility index (Phi) is 6.18. The van der Waals surface area contributed by atoms with Crippen LogP contribution in [0.5, 0.6) is 0 Å². The van der Waals surface area contributed by atoms with Crippen LogP contribution in [0.2, 0.25) is 0 Å². The molecule has 1 atom stereocenters. The first-order valence-electron chi connectivity index (χ1n) is 7.63. The molecule has 0 aromatic carbocycles. The van der Waals surface area contributed by atoms with Crippen molar-refractivity contribution in [2.75, 3.05) is 19.6 Å². The Bertz CT molecular complexity index is 407. The molecular formula is C15H27N3O3. The number of nitrogens with zero attached hydrogens (tertiary/aromatic N) is 2. The maximum Gasteiger partial charge on any atom is 0.239 e. The molecule has 6 heteroatoms. The third-order valence-electron chi connectivity index (χ3n) is 3.61. The highest BCUT2D eigenvalue weighted by Gasteiger charge is 2.37. The molecule has 0 aromatic rings. The van der Waals surface area contributed by atoms with Crippen molar-refractivity contribution in [1.29, 1.82) is 0 Å². The largest absolute Gasteiger partial charge is 0.352 e. The molecule has 0 aliphatic carbocycles. The summed E-state index contributed by atoms with van der Waals surface area (Å²) >= 11 is 0. The number of carbonyl (C=O) groups excluding carboxylic acids is 3. The number of hydrogen-bond donors (Lipinski definition) is 1. The van der Waals surface area contributed by atoms with Gasteiger partial charge in [-0.3, -0.25) is 14.4 Å². The summed E-state index contributed by atoms with van der Waals surface area (Å²) in [5.41, 5.74) is 0. The number of hydrogen-bond acceptors (Lipinski definition) is 3. The molecule has 0 radical (unpaired) electrons. The number of nitrogens with one attached hydrogen (secondary N) is 1. The molecule has 0 aromatic heterocycles. The summed E-state index contributed by atoms with van der Waals surface area (Å²) < 4.78 is 0. The zero-order valence-corrected chi connectivity index (χ0v) is 13.7. The molecule has 3 amide bonds. The van der Waals surface area contributed by atoms with Crippen molar-refractivity contribution in [1.82, 2.24) is 15.1 Å². The van der Waals surface area contributed by atoms with Gasteiger partial charge in [0, 0.05) is 31.6 Å². The summed E-state index contributed by atoms with van der Waals surface area (Å²) in [5.74, 6) is -0.573. The van der Waals surface area contributed by atoms with Gasteiger partial charge in [-0.1, -0.05) is 0 Å². The lowest BCUT2D eigenvalue weighted by atomic mass is 10.1. The average molecular weight is 297 g/mol. The highest BCUT2D eigenvalue weighted by atomic mass is 16.2. The van der Waals surface area contributed by atoms with Crippen LogP contribution < -0.4 is 5.32 Å². The molecule has 0 unspecified atom stereocenters. The van der Waals surface area contributed by atoms with E-state index in [0.29, 0.717) is 13.1 Å². The second-order valence-electron chi connectivity index (χ2n) is 6.12. The molecule has 1 fully saturated rings. The molecule has 1 aliphatic heterocycles. The number of amides is 3. The van der Waals surface area contributed by atoms with E-state index in [0.717, 1.165) is 0 Å². The van der Waals surface area contributed by atoms with Crippen LogP contribution in [0.4, 0.5) is 0 Å². The molecule has 1 rings (SSSR count). The first-order valence-corrected chi connectivity index (χ1v) is 7.63. The van der Waals surface area contributed by atoms with Crippen molar-refractivity contribution in [3.8, 4) is 0 Å². The fourth-order valence-electron chi connectivity index (χ4n) is 2.54. The highest BCUT2D eigenvalue weighted by Crippen LogP contribution is 2.22. The van der Waals surface area contributed by atoms with E-state index in [4.69, 9.17) is 0 Å². The average Bonchev–Trinajstić information content (AvgIpc) is 2.76. The molecule has 6 nitrogen and oxygen atoms in total. The Hall–Kier alpha value is -1.59. The van der Waals surface area contributed by atoms with Crippen LogP contribution >= 0.6 is 0 Å². The van der Waals surface area contributed by atoms with Crippen molar-refractivity contribution in [3.63, 3.8) is 0 Å². The van der Waals surface area contributed by atoms with E-state index in [1.165, 1.54) is 4.90 Å². The Morgan fingerprint density at radius 2 is 1.95 bits per heavy atom. The van der Waals surface area contributed by atoms with Crippen molar-refractivity contribution in [2.24, 2.45) is 5.92 Å². The highest BCUT2D eigenvalue weighted by molar-refractivity contribution is 5.91. The van der Waals surface area contributed by atoms with Crippen LogP contribution in [0.1, 0.15) is 41.0 Å². The predicted octanol–water partition coefficient (Wildman–Crippen LogP) is 0.616. The minimum atomic E-state index is -0.327. The van der Waals surface area contributed by atoms with E-state index in [1.807, 2.05) is 34.6 Å². The summed E-state index contributed by atoms with van der Waals surface area (Å²) in [4.78, 5) is 39.4. The minimum absolute atomic E-state index is 0.0195. The van der Waals surface area contributed by atoms with Crippen LogP contribution in [0.15, 0.2) is 0 Å². The first kappa shape index (κ1) is 17.5. The standard InChI is InChI=1S/C15H27N3O3/c1-6-17(9-13(19)16-10(2)3)15(21)12-7-14(20)18(8-12)11(4)5/h10-12H,6-9H2,1-5H3,(H,16,19)/t12-/m0/s1. The lowest BCUT2D eigenvalue weighted by Crippen LogP contribution is -2.45. The van der Waals surface area contributed by atoms with Gasteiger partial charge in [-0.25, -0.2) is 0 Å². The lowest BCUT2D eigenvalue weighted by molar-refractivity contribution is -0.139. The number of carbonyl (C=O) groups is 3. The van der Waals surface area contributed by atoms with Gasteiger partial charge in [0.25, 0.3) is 0 Å². The summed E-state index contributed by atoms with van der Waals surface area (Å²) in [6.07, 6.45) is 0.249. The quantitative estimate of drug-likeness (QED) is 0.781. The molecule has 1 aliphatic rings. The Morgan fingerprint density at radius 3 is 2.38 bits per heavy atom. The van der Waals surface area contributed by atoms with Crippen LogP contribution in [-0.4, -0.2) is 59.2 Å². The Morgan fingerprint density at radius 1 is 1.33 bits per heavy atom. The Labute approximate surface area is 126 Å². The van der Waals surface area contributed by atoms with Gasteiger partial charge in [0.15, 0.2) is 0 Å². The number of rotatable bonds is 6. The van der Waals surface area contributed by atoms with Crippen LogP contribution in [0.3, 0.4) is 0 Å². The first-order chi connectivity index (χ1) is 9.76. The van der Waals surface area contributed by atoms with Gasteiger partial charge in [-0.2, -0.15) is 0 Å². The number of likely N-dealkylation sites (tertiary alicyclic amines) is 1. The second kappa shape index (κ2) is 7.43. The summed E-state index contributed by atoms with van der Waals surface area (Å²) in [7, 11) is 0. The fraction of sp³-hybridized carbons (Fsp3) is 0.800. The molecule has 1 N–H and O–H groups in total. The van der Waals surface area contributed by atoms with Gasteiger partial charge in [0.05, 0.1) is 12.5 Å². The van der Waals surface area contributed by atoms with E-state index in [9.17, 15) is 14.4 Å². The van der Waals surface area contributed by atoms with Crippen molar-refractivity contribution >= 4 is 17.7 Å². The molecule has 0 bridgehead atoms. The Balaban J connectivity index is 2.64. The van der Waals surface area contributed by atoms with E-state index < -0.39 is 0 Å². The summed E-state index contributed by atoms with van der Waals surface area (Å²) in [6, 6.07) is 0.158.